The second-order valence-electron chi connectivity index (χ2n) is 5.24. The maximum absolute atomic E-state index is 12.1. The van der Waals surface area contributed by atoms with Crippen LogP contribution in [0.2, 0.25) is 0 Å². The lowest BCUT2D eigenvalue weighted by molar-refractivity contribution is -0.110. The Morgan fingerprint density at radius 3 is 2.16 bits per heavy atom. The molecule has 0 saturated heterocycles. The van der Waals surface area contributed by atoms with Gasteiger partial charge in [-0.2, -0.15) is 20.1 Å². The normalized spacial score (nSPS) is 13.2. The molecule has 0 aromatic carbocycles. The van der Waals surface area contributed by atoms with E-state index in [2.05, 4.69) is 51.0 Å². The van der Waals surface area contributed by atoms with Crippen molar-refractivity contribution in [3.8, 4) is 0 Å². The molecule has 0 aliphatic carbocycles. The second-order valence-corrected chi connectivity index (χ2v) is 5.24. The summed E-state index contributed by atoms with van der Waals surface area (Å²) < 4.78 is 0. The number of nitrogens with zero attached hydrogens (tertiary/aromatic N) is 7. The Labute approximate surface area is 141 Å². The average Bonchev–Trinajstić information content (AvgIpc) is 3.15. The molecule has 3 heterocycles. The van der Waals surface area contributed by atoms with E-state index < -0.39 is 11.8 Å². The van der Waals surface area contributed by atoms with E-state index in [9.17, 15) is 9.59 Å². The molecule has 128 valence electrons. The first-order valence-electron chi connectivity index (χ1n) is 7.25. The lowest BCUT2D eigenvalue weighted by Gasteiger charge is -2.06. The maximum atomic E-state index is 12.1. The molecule has 2 aromatic rings. The van der Waals surface area contributed by atoms with Crippen molar-refractivity contribution in [2.24, 2.45) is 10.2 Å². The zero-order chi connectivity index (χ0) is 18.0. The summed E-state index contributed by atoms with van der Waals surface area (Å²) in [4.78, 5) is 40.1. The molecule has 0 saturated carbocycles. The maximum Gasteiger partial charge on any atom is 0.297 e. The highest BCUT2D eigenvalue weighted by Crippen LogP contribution is 2.09. The second kappa shape index (κ2) is 6.51. The highest BCUT2D eigenvalue weighted by Gasteiger charge is 2.19. The summed E-state index contributed by atoms with van der Waals surface area (Å²) in [5.74, 6) is -0.326. The van der Waals surface area contributed by atoms with Crippen LogP contribution in [0.4, 0.5) is 11.9 Å². The number of hydrogen-bond donors (Lipinski definition) is 3. The van der Waals surface area contributed by atoms with Crippen LogP contribution >= 0.6 is 0 Å². The lowest BCUT2D eigenvalue weighted by atomic mass is 10.2. The summed E-state index contributed by atoms with van der Waals surface area (Å²) in [6, 6.07) is 0. The van der Waals surface area contributed by atoms with Crippen molar-refractivity contribution in [3.05, 3.63) is 17.5 Å². The number of carbonyl (C=O) groups excluding carboxylic acids is 2. The fourth-order valence-corrected chi connectivity index (χ4v) is 1.95. The Morgan fingerprint density at radius 1 is 0.920 bits per heavy atom. The molecule has 1 aliphatic heterocycles. The number of H-pyrrole nitrogens is 1. The Bertz CT molecular complexity index is 913. The Hall–Kier alpha value is -3.57. The Kier molecular flexibility index (Phi) is 4.24. The number of aryl methyl sites for hydroxylation is 2. The van der Waals surface area contributed by atoms with E-state index in [1.807, 2.05) is 0 Å². The number of amides is 2. The number of aromatic amines is 1. The zero-order valence-corrected chi connectivity index (χ0v) is 13.7. The van der Waals surface area contributed by atoms with E-state index in [0.717, 1.165) is 5.71 Å². The molecule has 3 N–H and O–H groups in total. The first-order valence-corrected chi connectivity index (χ1v) is 7.25. The topological polar surface area (TPSA) is 163 Å². The SMILES string of the molecule is CC1=NN=C(C(=O)Nc2nc(C)nc(NC(=O)c3n[nH]c(C)n3)n2)C1. The van der Waals surface area contributed by atoms with Crippen molar-refractivity contribution < 1.29 is 9.59 Å². The van der Waals surface area contributed by atoms with E-state index in [-0.39, 0.29) is 23.4 Å². The van der Waals surface area contributed by atoms with Crippen LogP contribution in [0.25, 0.3) is 0 Å². The molecule has 0 spiro atoms. The van der Waals surface area contributed by atoms with Crippen LogP contribution in [-0.4, -0.2) is 53.4 Å². The highest BCUT2D eigenvalue weighted by atomic mass is 16.2. The van der Waals surface area contributed by atoms with Gasteiger partial charge in [-0.25, -0.2) is 4.98 Å². The number of carbonyl (C=O) groups is 2. The molecule has 25 heavy (non-hydrogen) atoms. The van der Waals surface area contributed by atoms with Gasteiger partial charge in [0, 0.05) is 12.1 Å². The largest absolute Gasteiger partial charge is 0.297 e. The molecular formula is C13H14N10O2. The van der Waals surface area contributed by atoms with Crippen LogP contribution in [0.5, 0.6) is 0 Å². The van der Waals surface area contributed by atoms with Gasteiger partial charge in [0.25, 0.3) is 11.8 Å². The van der Waals surface area contributed by atoms with Gasteiger partial charge in [-0.1, -0.05) is 0 Å². The predicted molar refractivity (Wildman–Crippen MR) is 87.4 cm³/mol. The summed E-state index contributed by atoms with van der Waals surface area (Å²) in [6.07, 6.45) is 0.365. The van der Waals surface area contributed by atoms with Gasteiger partial charge < -0.3 is 0 Å². The molecule has 0 atom stereocenters. The summed E-state index contributed by atoms with van der Waals surface area (Å²) >= 11 is 0. The molecule has 2 amide bonds. The Morgan fingerprint density at radius 2 is 1.60 bits per heavy atom. The fraction of sp³-hybridized carbons (Fsp3) is 0.308. The van der Waals surface area contributed by atoms with Crippen LogP contribution in [0.1, 0.15) is 35.6 Å². The number of nitrogens with one attached hydrogen (secondary N) is 3. The van der Waals surface area contributed by atoms with Crippen LogP contribution < -0.4 is 10.6 Å². The van der Waals surface area contributed by atoms with E-state index >= 15 is 0 Å². The Balaban J connectivity index is 1.72. The summed E-state index contributed by atoms with van der Waals surface area (Å²) in [6.45, 7) is 5.04. The van der Waals surface area contributed by atoms with E-state index in [1.54, 1.807) is 20.8 Å². The van der Waals surface area contributed by atoms with E-state index in [0.29, 0.717) is 18.1 Å². The lowest BCUT2D eigenvalue weighted by Crippen LogP contribution is -2.25. The van der Waals surface area contributed by atoms with Crippen molar-refractivity contribution in [2.45, 2.75) is 27.2 Å². The van der Waals surface area contributed by atoms with Crippen LogP contribution in [0.15, 0.2) is 10.2 Å². The van der Waals surface area contributed by atoms with Gasteiger partial charge in [0.15, 0.2) is 0 Å². The molecule has 2 aromatic heterocycles. The van der Waals surface area contributed by atoms with Crippen molar-refractivity contribution >= 4 is 35.1 Å². The minimum Gasteiger partial charge on any atom is -0.289 e. The van der Waals surface area contributed by atoms with Crippen LogP contribution in [0.3, 0.4) is 0 Å². The first kappa shape index (κ1) is 16.3. The molecule has 0 radical (unpaired) electrons. The number of aromatic nitrogens is 6. The summed E-state index contributed by atoms with van der Waals surface area (Å²) in [5.41, 5.74) is 1.00. The predicted octanol–water partition coefficient (Wildman–Crippen LogP) is 0.0179. The van der Waals surface area contributed by atoms with Gasteiger partial charge in [0.2, 0.25) is 17.7 Å². The third-order valence-electron chi connectivity index (χ3n) is 3.02. The molecule has 12 heteroatoms. The highest BCUT2D eigenvalue weighted by molar-refractivity contribution is 6.46. The zero-order valence-electron chi connectivity index (χ0n) is 13.7. The first-order chi connectivity index (χ1) is 11.9. The molecule has 3 rings (SSSR count). The molecule has 12 nitrogen and oxygen atoms in total. The van der Waals surface area contributed by atoms with Gasteiger partial charge in [0.1, 0.15) is 17.4 Å². The van der Waals surface area contributed by atoms with Crippen molar-refractivity contribution in [1.29, 1.82) is 0 Å². The standard InChI is InChI=1S/C13H14N10O2/c1-5-4-8(22-20-5)10(24)17-12-15-6(2)16-13(19-12)18-11(25)9-14-7(3)21-23-9/h4H2,1-3H3,(H,14,21,23)(H2,15,16,17,18,19,24,25). The molecule has 0 bridgehead atoms. The summed E-state index contributed by atoms with van der Waals surface area (Å²) in [5, 5.41) is 18.9. The van der Waals surface area contributed by atoms with Crippen LogP contribution in [-0.2, 0) is 4.79 Å². The molecular weight excluding hydrogens is 328 g/mol. The van der Waals surface area contributed by atoms with Gasteiger partial charge in [-0.15, -0.1) is 10.2 Å². The quantitative estimate of drug-likeness (QED) is 0.704. The van der Waals surface area contributed by atoms with Crippen molar-refractivity contribution in [1.82, 2.24) is 30.1 Å². The monoisotopic (exact) mass is 342 g/mol. The molecule has 0 unspecified atom stereocenters. The van der Waals surface area contributed by atoms with Gasteiger partial charge >= 0.3 is 0 Å². The van der Waals surface area contributed by atoms with Crippen molar-refractivity contribution in [2.75, 3.05) is 10.6 Å². The van der Waals surface area contributed by atoms with E-state index in [4.69, 9.17) is 0 Å². The third-order valence-corrected chi connectivity index (χ3v) is 3.02. The van der Waals surface area contributed by atoms with Crippen molar-refractivity contribution in [3.63, 3.8) is 0 Å². The van der Waals surface area contributed by atoms with Crippen LogP contribution in [0, 0.1) is 13.8 Å². The third kappa shape index (κ3) is 3.85. The minimum absolute atomic E-state index is 0.00813. The number of rotatable bonds is 4. The number of hydrogen-bond acceptors (Lipinski definition) is 9. The average molecular weight is 342 g/mol. The summed E-state index contributed by atoms with van der Waals surface area (Å²) in [7, 11) is 0. The van der Waals surface area contributed by atoms with Gasteiger partial charge in [-0.05, 0) is 20.8 Å². The van der Waals surface area contributed by atoms with Gasteiger partial charge in [-0.3, -0.25) is 25.3 Å². The molecule has 1 aliphatic rings. The fourth-order valence-electron chi connectivity index (χ4n) is 1.95. The van der Waals surface area contributed by atoms with Gasteiger partial charge in [0.05, 0.1) is 0 Å². The minimum atomic E-state index is -0.587. The number of anilines is 2. The smallest absolute Gasteiger partial charge is 0.289 e. The van der Waals surface area contributed by atoms with E-state index in [1.165, 1.54) is 0 Å². The molecule has 0 fully saturated rings.